The van der Waals surface area contributed by atoms with E-state index in [1.165, 1.54) is 5.56 Å². The van der Waals surface area contributed by atoms with E-state index in [-0.39, 0.29) is 6.90 Å². The van der Waals surface area contributed by atoms with Gasteiger partial charge in [0.2, 0.25) is 5.95 Å². The highest BCUT2D eigenvalue weighted by Gasteiger charge is 2.12. The van der Waals surface area contributed by atoms with Crippen molar-refractivity contribution >= 4 is 28.1 Å². The standard InChI is InChI=1S/C24H25N5O2S.H2O.H2/c1-32(30)21-5-2-4-19(16-21)22-6-3-7-23-26-24(27-29(22)23)25-20-10-8-18(9-11-20)17-28-12-14-31-15-13-28;;/h2-11,16H,12-15,17H2,1H3,(H,25,27);1H2;1H. The summed E-state index contributed by atoms with van der Waals surface area (Å²) in [5.74, 6) is 0.536. The Morgan fingerprint density at radius 3 is 2.58 bits per heavy atom. The summed E-state index contributed by atoms with van der Waals surface area (Å²) in [5.41, 5.74) is 4.81. The third-order valence-electron chi connectivity index (χ3n) is 5.54. The maximum atomic E-state index is 11.9. The number of morpholine rings is 1. The average Bonchev–Trinajstić information content (AvgIpc) is 3.23. The van der Waals surface area contributed by atoms with E-state index >= 15 is 0 Å². The molecule has 0 radical (unpaired) electrons. The van der Waals surface area contributed by atoms with Crippen LogP contribution in [0.1, 0.15) is 6.99 Å². The Labute approximate surface area is 196 Å². The maximum Gasteiger partial charge on any atom is 0.247 e. The number of benzene rings is 2. The van der Waals surface area contributed by atoms with Crippen molar-refractivity contribution < 1.29 is 15.8 Å². The Kier molecular flexibility index (Phi) is 7.14. The van der Waals surface area contributed by atoms with Gasteiger partial charge in [0.1, 0.15) is 0 Å². The molecule has 1 aliphatic rings. The Bertz CT molecular complexity index is 1260. The van der Waals surface area contributed by atoms with Crippen molar-refractivity contribution in [1.29, 1.82) is 0 Å². The summed E-state index contributed by atoms with van der Waals surface area (Å²) in [6, 6.07) is 22.0. The van der Waals surface area contributed by atoms with Crippen LogP contribution in [0.3, 0.4) is 0 Å². The molecule has 1 fully saturated rings. The van der Waals surface area contributed by atoms with Crippen LogP contribution in [0.5, 0.6) is 0 Å². The van der Waals surface area contributed by atoms with Crippen molar-refractivity contribution in [1.82, 2.24) is 19.5 Å². The Morgan fingerprint density at radius 2 is 1.82 bits per heavy atom. The zero-order valence-electron chi connectivity index (χ0n) is 18.4. The molecule has 0 spiro atoms. The monoisotopic (exact) mass is 467 g/mol. The Hall–Kier alpha value is -3.11. The van der Waals surface area contributed by atoms with Crippen LogP contribution in [0.25, 0.3) is 16.9 Å². The number of hydrogen-bond donors (Lipinski definition) is 1. The second kappa shape index (κ2) is 10.2. The molecular formula is C24H29N5O3S. The predicted molar refractivity (Wildman–Crippen MR) is 132 cm³/mol. The molecule has 4 aromatic rings. The van der Waals surface area contributed by atoms with E-state index in [0.29, 0.717) is 5.95 Å². The minimum Gasteiger partial charge on any atom is -0.412 e. The van der Waals surface area contributed by atoms with E-state index in [1.54, 1.807) is 6.26 Å². The van der Waals surface area contributed by atoms with Crippen LogP contribution in [0.4, 0.5) is 11.6 Å². The lowest BCUT2D eigenvalue weighted by atomic mass is 10.1. The fraction of sp³-hybridized carbons (Fsp3) is 0.250. The third-order valence-corrected chi connectivity index (χ3v) is 6.46. The lowest BCUT2D eigenvalue weighted by Gasteiger charge is -2.26. The summed E-state index contributed by atoms with van der Waals surface area (Å²) in [5, 5.41) is 7.98. The van der Waals surface area contributed by atoms with Gasteiger partial charge in [-0.05, 0) is 42.0 Å². The normalized spacial score (nSPS) is 15.2. The molecule has 1 saturated heterocycles. The quantitative estimate of drug-likeness (QED) is 0.467. The SMILES string of the molecule is CS(=O)c1cccc(-c2cccc3nc(Nc4ccc(CN5CCOCC5)cc4)nn23)c1.O.[HH]. The van der Waals surface area contributed by atoms with E-state index in [4.69, 9.17) is 4.74 Å². The van der Waals surface area contributed by atoms with E-state index < -0.39 is 10.8 Å². The largest absolute Gasteiger partial charge is 0.412 e. The van der Waals surface area contributed by atoms with Crippen LogP contribution >= 0.6 is 0 Å². The minimum atomic E-state index is -1.04. The summed E-state index contributed by atoms with van der Waals surface area (Å²) >= 11 is 0. The van der Waals surface area contributed by atoms with E-state index in [9.17, 15) is 4.21 Å². The smallest absolute Gasteiger partial charge is 0.247 e. The van der Waals surface area contributed by atoms with Gasteiger partial charge in [0, 0.05) is 54.3 Å². The molecule has 0 bridgehead atoms. The number of aromatic nitrogens is 3. The first kappa shape index (κ1) is 23.1. The first-order chi connectivity index (χ1) is 15.7. The first-order valence-corrected chi connectivity index (χ1v) is 12.2. The van der Waals surface area contributed by atoms with Crippen molar-refractivity contribution in [2.24, 2.45) is 0 Å². The second-order valence-corrected chi connectivity index (χ2v) is 9.19. The fourth-order valence-electron chi connectivity index (χ4n) is 3.85. The molecule has 1 unspecified atom stereocenters. The molecule has 174 valence electrons. The molecule has 5 rings (SSSR count). The van der Waals surface area contributed by atoms with Gasteiger partial charge in [0.25, 0.3) is 0 Å². The van der Waals surface area contributed by atoms with Crippen molar-refractivity contribution in [2.45, 2.75) is 11.4 Å². The summed E-state index contributed by atoms with van der Waals surface area (Å²) < 4.78 is 19.1. The first-order valence-electron chi connectivity index (χ1n) is 10.6. The molecule has 0 saturated carbocycles. The van der Waals surface area contributed by atoms with Gasteiger partial charge in [-0.25, -0.2) is 4.52 Å². The Balaban J connectivity index is 0.00000162. The summed E-state index contributed by atoms with van der Waals surface area (Å²) in [4.78, 5) is 7.82. The molecule has 8 nitrogen and oxygen atoms in total. The van der Waals surface area contributed by atoms with Gasteiger partial charge in [-0.15, -0.1) is 5.10 Å². The van der Waals surface area contributed by atoms with Crippen molar-refractivity contribution in [3.8, 4) is 11.3 Å². The third kappa shape index (κ3) is 5.28. The number of ether oxygens (including phenoxy) is 1. The molecule has 3 N–H and O–H groups in total. The maximum absolute atomic E-state index is 11.9. The molecule has 0 aliphatic carbocycles. The number of nitrogens with one attached hydrogen (secondary N) is 1. The molecule has 9 heteroatoms. The van der Waals surface area contributed by atoms with Crippen LogP contribution in [0, 0.1) is 0 Å². The number of rotatable bonds is 6. The van der Waals surface area contributed by atoms with Gasteiger partial charge >= 0.3 is 0 Å². The lowest BCUT2D eigenvalue weighted by Crippen LogP contribution is -2.35. The molecule has 0 amide bonds. The molecule has 1 atom stereocenters. The molecule has 2 aromatic heterocycles. The van der Waals surface area contributed by atoms with Crippen molar-refractivity contribution in [3.05, 3.63) is 72.3 Å². The van der Waals surface area contributed by atoms with Gasteiger partial charge in [0.15, 0.2) is 5.65 Å². The fourth-order valence-corrected chi connectivity index (χ4v) is 4.41. The zero-order chi connectivity index (χ0) is 21.9. The highest BCUT2D eigenvalue weighted by atomic mass is 32.2. The number of fused-ring (bicyclic) bond motifs is 1. The summed E-state index contributed by atoms with van der Waals surface area (Å²) in [6.45, 7) is 4.50. The van der Waals surface area contributed by atoms with Crippen LogP contribution < -0.4 is 5.32 Å². The number of nitrogens with zero attached hydrogens (tertiary/aromatic N) is 4. The Morgan fingerprint density at radius 1 is 1.06 bits per heavy atom. The predicted octanol–water partition coefficient (Wildman–Crippen LogP) is 3.13. The van der Waals surface area contributed by atoms with Gasteiger partial charge in [-0.2, -0.15) is 4.98 Å². The van der Waals surface area contributed by atoms with E-state index in [1.807, 2.05) is 47.0 Å². The molecule has 2 aromatic carbocycles. The highest BCUT2D eigenvalue weighted by molar-refractivity contribution is 7.84. The highest BCUT2D eigenvalue weighted by Crippen LogP contribution is 2.24. The topological polar surface area (TPSA) is 103 Å². The average molecular weight is 468 g/mol. The lowest BCUT2D eigenvalue weighted by molar-refractivity contribution is 0.0342. The summed E-state index contributed by atoms with van der Waals surface area (Å²) in [7, 11) is -1.04. The van der Waals surface area contributed by atoms with Crippen LogP contribution in [-0.4, -0.2) is 61.7 Å². The minimum absolute atomic E-state index is 0. The molecule has 1 aliphatic heterocycles. The van der Waals surface area contributed by atoms with Gasteiger partial charge in [-0.1, -0.05) is 30.3 Å². The molecule has 33 heavy (non-hydrogen) atoms. The second-order valence-electron chi connectivity index (χ2n) is 7.81. The molecule has 3 heterocycles. The molecular weight excluding hydrogens is 438 g/mol. The van der Waals surface area contributed by atoms with Crippen molar-refractivity contribution in [3.63, 3.8) is 0 Å². The summed E-state index contributed by atoms with van der Waals surface area (Å²) in [6.07, 6.45) is 1.68. The van der Waals surface area contributed by atoms with Gasteiger partial charge in [0.05, 0.1) is 18.9 Å². The van der Waals surface area contributed by atoms with Gasteiger partial charge < -0.3 is 15.5 Å². The van der Waals surface area contributed by atoms with Crippen LogP contribution in [0.2, 0.25) is 0 Å². The van der Waals surface area contributed by atoms with Gasteiger partial charge in [-0.3, -0.25) is 9.11 Å². The van der Waals surface area contributed by atoms with Crippen LogP contribution in [0.15, 0.2) is 71.6 Å². The van der Waals surface area contributed by atoms with Crippen molar-refractivity contribution in [2.75, 3.05) is 37.9 Å². The van der Waals surface area contributed by atoms with E-state index in [0.717, 1.165) is 60.3 Å². The number of hydrogen-bond acceptors (Lipinski definition) is 6. The number of anilines is 2. The van der Waals surface area contributed by atoms with Crippen LogP contribution in [-0.2, 0) is 22.1 Å². The number of pyridine rings is 1. The zero-order valence-corrected chi connectivity index (χ0v) is 19.2. The van der Waals surface area contributed by atoms with E-state index in [2.05, 4.69) is 44.6 Å².